The number of benzene rings is 2. The minimum Gasteiger partial charge on any atom is -0.457 e. The summed E-state index contributed by atoms with van der Waals surface area (Å²) in [6.45, 7) is 2.43. The molecule has 4 aromatic rings. The van der Waals surface area contributed by atoms with E-state index in [0.717, 1.165) is 46.5 Å². The molecule has 2 fully saturated rings. The van der Waals surface area contributed by atoms with E-state index in [1.807, 2.05) is 42.5 Å². The van der Waals surface area contributed by atoms with Gasteiger partial charge in [-0.05, 0) is 76.0 Å². The van der Waals surface area contributed by atoms with Gasteiger partial charge in [0.1, 0.15) is 29.3 Å². The highest BCUT2D eigenvalue weighted by Crippen LogP contribution is 2.39. The maximum absolute atomic E-state index is 6.41. The van der Waals surface area contributed by atoms with Crippen LogP contribution in [-0.4, -0.2) is 63.6 Å². The highest BCUT2D eigenvalue weighted by molar-refractivity contribution is 6.00. The van der Waals surface area contributed by atoms with Gasteiger partial charge in [-0.3, -0.25) is 4.90 Å². The first kappa shape index (κ1) is 23.9. The molecule has 0 amide bonds. The predicted molar refractivity (Wildman–Crippen MR) is 149 cm³/mol. The summed E-state index contributed by atoms with van der Waals surface area (Å²) in [5.74, 6) is 2.16. The lowest BCUT2D eigenvalue weighted by molar-refractivity contribution is 0.156. The number of likely N-dealkylation sites (tertiary alicyclic amines) is 1. The minimum absolute atomic E-state index is 0.426. The van der Waals surface area contributed by atoms with Gasteiger partial charge in [0.25, 0.3) is 0 Å². The van der Waals surface area contributed by atoms with Crippen molar-refractivity contribution >= 4 is 16.9 Å². The number of rotatable bonds is 6. The topological polar surface area (TPSA) is 72.4 Å². The number of aromatic nitrogens is 3. The number of hydrogen-bond acceptors (Lipinski definition) is 6. The molecule has 1 aliphatic carbocycles. The monoisotopic (exact) mass is 496 g/mol. The number of nitrogen functional groups attached to an aromatic ring is 1. The molecular formula is C30H36N6O. The van der Waals surface area contributed by atoms with E-state index in [-0.39, 0.29) is 0 Å². The Kier molecular flexibility index (Phi) is 6.57. The number of anilines is 1. The molecule has 2 aliphatic rings. The van der Waals surface area contributed by atoms with Crippen LogP contribution in [0.2, 0.25) is 0 Å². The van der Waals surface area contributed by atoms with Crippen LogP contribution < -0.4 is 10.5 Å². The third kappa shape index (κ3) is 4.81. The van der Waals surface area contributed by atoms with Gasteiger partial charge in [-0.2, -0.15) is 0 Å². The largest absolute Gasteiger partial charge is 0.457 e. The summed E-state index contributed by atoms with van der Waals surface area (Å²) in [5.41, 5.74) is 9.51. The van der Waals surface area contributed by atoms with Gasteiger partial charge in [0.15, 0.2) is 0 Å². The average Bonchev–Trinajstić information content (AvgIpc) is 3.57. The lowest BCUT2D eigenvalue weighted by atomic mass is 9.90. The van der Waals surface area contributed by atoms with Crippen LogP contribution in [0.15, 0.2) is 67.1 Å². The second-order valence-electron chi connectivity index (χ2n) is 10.7. The Hall–Kier alpha value is -3.42. The Morgan fingerprint density at radius 3 is 2.27 bits per heavy atom. The van der Waals surface area contributed by atoms with E-state index in [1.54, 1.807) is 6.33 Å². The van der Waals surface area contributed by atoms with E-state index >= 15 is 0 Å². The number of para-hydroxylation sites is 1. The SMILES string of the molecule is CN(C)[C@@H]1CCN([C@H]2CC[C@H](n3cc(-c4ccc(Oc5ccccc5)cc4)c4c(N)ncnc43)CC2)C1. The normalized spacial score (nSPS) is 22.6. The molecule has 7 heteroatoms. The van der Waals surface area contributed by atoms with Crippen LogP contribution in [0.3, 0.4) is 0 Å². The molecular weight excluding hydrogens is 460 g/mol. The Labute approximate surface area is 218 Å². The third-order valence-electron chi connectivity index (χ3n) is 8.28. The highest BCUT2D eigenvalue weighted by Gasteiger charge is 2.33. The second kappa shape index (κ2) is 10.1. The molecule has 0 spiro atoms. The molecule has 192 valence electrons. The van der Waals surface area contributed by atoms with Gasteiger partial charge in [-0.1, -0.05) is 30.3 Å². The van der Waals surface area contributed by atoms with Crippen molar-refractivity contribution in [1.29, 1.82) is 0 Å². The van der Waals surface area contributed by atoms with Gasteiger partial charge < -0.3 is 19.9 Å². The van der Waals surface area contributed by atoms with Crippen molar-refractivity contribution in [2.24, 2.45) is 0 Å². The smallest absolute Gasteiger partial charge is 0.146 e. The Morgan fingerprint density at radius 1 is 0.865 bits per heavy atom. The highest BCUT2D eigenvalue weighted by atomic mass is 16.5. The molecule has 1 saturated heterocycles. The van der Waals surface area contributed by atoms with Crippen LogP contribution in [0.5, 0.6) is 11.5 Å². The molecule has 1 aliphatic heterocycles. The van der Waals surface area contributed by atoms with Crippen LogP contribution in [-0.2, 0) is 0 Å². The molecule has 1 atom stereocenters. The molecule has 2 N–H and O–H groups in total. The van der Waals surface area contributed by atoms with Crippen molar-refractivity contribution in [3.63, 3.8) is 0 Å². The maximum atomic E-state index is 6.41. The summed E-state index contributed by atoms with van der Waals surface area (Å²) in [6.07, 6.45) is 9.88. The molecule has 3 heterocycles. The lowest BCUT2D eigenvalue weighted by Gasteiger charge is -2.35. The molecule has 7 nitrogen and oxygen atoms in total. The summed E-state index contributed by atoms with van der Waals surface area (Å²) in [5, 5.41) is 0.940. The standard InChI is InChI=1S/C30H36N6O/c1-34(2)24-16-17-35(18-24)22-10-12-23(13-11-22)36-19-27(28-29(31)32-20-33-30(28)36)21-8-14-26(15-9-21)37-25-6-4-3-5-7-25/h3-9,14-15,19-20,22-24H,10-13,16-18H2,1-2H3,(H2,31,32,33)/t22-,23-,24-/m1/s1. The van der Waals surface area contributed by atoms with Crippen molar-refractivity contribution in [1.82, 2.24) is 24.3 Å². The number of ether oxygens (including phenoxy) is 1. The molecule has 2 aromatic heterocycles. The molecule has 37 heavy (non-hydrogen) atoms. The van der Waals surface area contributed by atoms with E-state index in [0.29, 0.717) is 23.9 Å². The molecule has 0 unspecified atom stereocenters. The molecule has 1 saturated carbocycles. The van der Waals surface area contributed by atoms with Crippen molar-refractivity contribution in [3.8, 4) is 22.6 Å². The zero-order valence-corrected chi connectivity index (χ0v) is 21.8. The van der Waals surface area contributed by atoms with E-state index in [9.17, 15) is 0 Å². The van der Waals surface area contributed by atoms with Crippen molar-refractivity contribution in [2.75, 3.05) is 32.9 Å². The first-order valence-electron chi connectivity index (χ1n) is 13.4. The quantitative estimate of drug-likeness (QED) is 0.375. The van der Waals surface area contributed by atoms with E-state index in [4.69, 9.17) is 15.5 Å². The van der Waals surface area contributed by atoms with Gasteiger partial charge in [-0.25, -0.2) is 9.97 Å². The van der Waals surface area contributed by atoms with Crippen LogP contribution in [0.4, 0.5) is 5.82 Å². The van der Waals surface area contributed by atoms with Crippen molar-refractivity contribution in [2.45, 2.75) is 50.2 Å². The van der Waals surface area contributed by atoms with Gasteiger partial charge in [0, 0.05) is 43.0 Å². The van der Waals surface area contributed by atoms with Gasteiger partial charge in [0.05, 0.1) is 5.39 Å². The van der Waals surface area contributed by atoms with Gasteiger partial charge >= 0.3 is 0 Å². The maximum Gasteiger partial charge on any atom is 0.146 e. The van der Waals surface area contributed by atoms with Crippen molar-refractivity contribution in [3.05, 3.63) is 67.1 Å². The number of nitrogens with zero attached hydrogens (tertiary/aromatic N) is 5. The first-order chi connectivity index (χ1) is 18.1. The first-order valence-corrected chi connectivity index (χ1v) is 13.4. The van der Waals surface area contributed by atoms with Crippen LogP contribution in [0, 0.1) is 0 Å². The molecule has 0 bridgehead atoms. The number of fused-ring (bicyclic) bond motifs is 1. The summed E-state index contributed by atoms with van der Waals surface area (Å²) in [4.78, 5) is 14.1. The van der Waals surface area contributed by atoms with Crippen LogP contribution >= 0.6 is 0 Å². The third-order valence-corrected chi connectivity index (χ3v) is 8.28. The molecule has 6 rings (SSSR count). The predicted octanol–water partition coefficient (Wildman–Crippen LogP) is 5.59. The minimum atomic E-state index is 0.426. The van der Waals surface area contributed by atoms with Gasteiger partial charge in [-0.15, -0.1) is 0 Å². The van der Waals surface area contributed by atoms with Crippen molar-refractivity contribution < 1.29 is 4.74 Å². The number of nitrogens with two attached hydrogens (primary N) is 1. The summed E-state index contributed by atoms with van der Waals surface area (Å²) >= 11 is 0. The molecule has 0 radical (unpaired) electrons. The fourth-order valence-corrected chi connectivity index (χ4v) is 6.16. The van der Waals surface area contributed by atoms with Crippen LogP contribution in [0.25, 0.3) is 22.2 Å². The average molecular weight is 497 g/mol. The fraction of sp³-hybridized carbons (Fsp3) is 0.400. The fourth-order valence-electron chi connectivity index (χ4n) is 6.16. The number of hydrogen-bond donors (Lipinski definition) is 1. The summed E-state index contributed by atoms with van der Waals surface area (Å²) in [7, 11) is 4.41. The molecule has 2 aromatic carbocycles. The second-order valence-corrected chi connectivity index (χ2v) is 10.7. The summed E-state index contributed by atoms with van der Waals surface area (Å²) in [6, 6.07) is 19.9. The van der Waals surface area contributed by atoms with E-state index in [2.05, 4.69) is 51.8 Å². The zero-order valence-electron chi connectivity index (χ0n) is 21.8. The van der Waals surface area contributed by atoms with E-state index < -0.39 is 0 Å². The number of likely N-dealkylation sites (N-methyl/N-ethyl adjacent to an activating group) is 1. The van der Waals surface area contributed by atoms with Crippen LogP contribution in [0.1, 0.15) is 38.1 Å². The summed E-state index contributed by atoms with van der Waals surface area (Å²) < 4.78 is 8.35. The Bertz CT molecular complexity index is 1340. The zero-order chi connectivity index (χ0) is 25.4. The Morgan fingerprint density at radius 2 is 1.57 bits per heavy atom. The Balaban J connectivity index is 1.22. The lowest BCUT2D eigenvalue weighted by Crippen LogP contribution is -2.39. The van der Waals surface area contributed by atoms with Gasteiger partial charge in [0.2, 0.25) is 0 Å². The van der Waals surface area contributed by atoms with E-state index in [1.165, 1.54) is 32.4 Å².